The number of hydrogen-bond donors (Lipinski definition) is 0. The molecule has 0 spiro atoms. The summed E-state index contributed by atoms with van der Waals surface area (Å²) in [5.41, 5.74) is 1.81. The van der Waals surface area contributed by atoms with E-state index in [-0.39, 0.29) is 5.82 Å². The maximum Gasteiger partial charge on any atom is 0.139 e. The maximum absolute atomic E-state index is 12.9. The lowest BCUT2D eigenvalue weighted by Gasteiger charge is -2.10. The molecule has 2 aromatic carbocycles. The smallest absolute Gasteiger partial charge is 0.139 e. The Bertz CT molecular complexity index is 771. The zero-order valence-electron chi connectivity index (χ0n) is 10.7. The zero-order chi connectivity index (χ0) is 14.1. The van der Waals surface area contributed by atoms with Crippen molar-refractivity contribution in [3.05, 3.63) is 65.1 Å². The van der Waals surface area contributed by atoms with Gasteiger partial charge in [0.1, 0.15) is 17.3 Å². The molecule has 3 rings (SSSR count). The van der Waals surface area contributed by atoms with Gasteiger partial charge in [-0.2, -0.15) is 0 Å². The van der Waals surface area contributed by atoms with Crippen LogP contribution in [0.4, 0.5) is 4.39 Å². The molecule has 0 aliphatic rings. The Labute approximate surface area is 120 Å². The van der Waals surface area contributed by atoms with Crippen LogP contribution in [-0.2, 0) is 0 Å². The molecular weight excluding hydrogens is 277 g/mol. The van der Waals surface area contributed by atoms with Crippen molar-refractivity contribution in [3.8, 4) is 11.5 Å². The van der Waals surface area contributed by atoms with Crippen molar-refractivity contribution in [3.63, 3.8) is 0 Å². The van der Waals surface area contributed by atoms with Crippen LogP contribution in [0.25, 0.3) is 10.9 Å². The van der Waals surface area contributed by atoms with Crippen molar-refractivity contribution in [1.82, 2.24) is 4.98 Å². The second kappa shape index (κ2) is 5.10. The van der Waals surface area contributed by atoms with Gasteiger partial charge in [-0.25, -0.2) is 4.39 Å². The van der Waals surface area contributed by atoms with Gasteiger partial charge in [0, 0.05) is 6.20 Å². The summed E-state index contributed by atoms with van der Waals surface area (Å²) in [6.45, 7) is 1.96. The van der Waals surface area contributed by atoms with Crippen LogP contribution in [0.5, 0.6) is 11.5 Å². The van der Waals surface area contributed by atoms with Crippen molar-refractivity contribution in [2.45, 2.75) is 6.92 Å². The molecule has 0 unspecified atom stereocenters. The van der Waals surface area contributed by atoms with Crippen molar-refractivity contribution in [2.75, 3.05) is 0 Å². The first-order valence-corrected chi connectivity index (χ1v) is 6.49. The number of aryl methyl sites for hydroxylation is 1. The van der Waals surface area contributed by atoms with Gasteiger partial charge in [-0.15, -0.1) is 0 Å². The molecule has 0 saturated carbocycles. The number of nitrogens with zero attached hydrogens (tertiary/aromatic N) is 1. The predicted octanol–water partition coefficient (Wildman–Crippen LogP) is 5.13. The SMILES string of the molecule is Cc1cc(Cl)c2c(Oc3ccc(F)cc3)ccnc2c1. The molecule has 0 saturated heterocycles. The first-order chi connectivity index (χ1) is 9.63. The van der Waals surface area contributed by atoms with Crippen LogP contribution in [-0.4, -0.2) is 4.98 Å². The molecule has 4 heteroatoms. The topological polar surface area (TPSA) is 22.1 Å². The Morgan fingerprint density at radius 1 is 1.10 bits per heavy atom. The first kappa shape index (κ1) is 12.9. The molecule has 20 heavy (non-hydrogen) atoms. The largest absolute Gasteiger partial charge is 0.457 e. The summed E-state index contributed by atoms with van der Waals surface area (Å²) < 4.78 is 18.7. The average molecular weight is 288 g/mol. The van der Waals surface area contributed by atoms with Crippen LogP contribution in [0.1, 0.15) is 5.56 Å². The van der Waals surface area contributed by atoms with Gasteiger partial charge in [-0.1, -0.05) is 11.6 Å². The molecule has 0 N–H and O–H groups in total. The number of rotatable bonds is 2. The van der Waals surface area contributed by atoms with E-state index >= 15 is 0 Å². The van der Waals surface area contributed by atoms with Crippen LogP contribution < -0.4 is 4.74 Å². The van der Waals surface area contributed by atoms with Crippen molar-refractivity contribution >= 4 is 22.5 Å². The Hall–Kier alpha value is -2.13. The van der Waals surface area contributed by atoms with Gasteiger partial charge in [-0.05, 0) is 55.0 Å². The third kappa shape index (κ3) is 2.45. The molecule has 0 bridgehead atoms. The summed E-state index contributed by atoms with van der Waals surface area (Å²) in [6.07, 6.45) is 1.66. The van der Waals surface area contributed by atoms with Gasteiger partial charge < -0.3 is 4.74 Å². The van der Waals surface area contributed by atoms with Gasteiger partial charge in [0.25, 0.3) is 0 Å². The average Bonchev–Trinajstić information content (AvgIpc) is 2.41. The van der Waals surface area contributed by atoms with E-state index in [1.165, 1.54) is 12.1 Å². The molecule has 1 aromatic heterocycles. The quantitative estimate of drug-likeness (QED) is 0.652. The number of fused-ring (bicyclic) bond motifs is 1. The summed E-state index contributed by atoms with van der Waals surface area (Å²) in [7, 11) is 0. The van der Waals surface area contributed by atoms with E-state index in [0.717, 1.165) is 16.5 Å². The third-order valence-electron chi connectivity index (χ3n) is 2.94. The Morgan fingerprint density at radius 2 is 1.85 bits per heavy atom. The lowest BCUT2D eigenvalue weighted by atomic mass is 10.1. The molecule has 3 aromatic rings. The number of ether oxygens (including phenoxy) is 1. The van der Waals surface area contributed by atoms with Crippen molar-refractivity contribution in [1.29, 1.82) is 0 Å². The maximum atomic E-state index is 12.9. The summed E-state index contributed by atoms with van der Waals surface area (Å²) in [4.78, 5) is 4.29. The highest BCUT2D eigenvalue weighted by Crippen LogP contribution is 2.34. The molecule has 2 nitrogen and oxygen atoms in total. The molecule has 0 fully saturated rings. The second-order valence-electron chi connectivity index (χ2n) is 4.51. The highest BCUT2D eigenvalue weighted by atomic mass is 35.5. The van der Waals surface area contributed by atoms with Crippen LogP contribution in [0.2, 0.25) is 5.02 Å². The fraction of sp³-hybridized carbons (Fsp3) is 0.0625. The minimum absolute atomic E-state index is 0.300. The van der Waals surface area contributed by atoms with Gasteiger partial charge in [0.2, 0.25) is 0 Å². The van der Waals surface area contributed by atoms with E-state index in [9.17, 15) is 4.39 Å². The number of hydrogen-bond acceptors (Lipinski definition) is 2. The van der Waals surface area contributed by atoms with Crippen molar-refractivity contribution in [2.24, 2.45) is 0 Å². The van der Waals surface area contributed by atoms with E-state index in [4.69, 9.17) is 16.3 Å². The van der Waals surface area contributed by atoms with E-state index in [2.05, 4.69) is 4.98 Å². The standard InChI is InChI=1S/C16H11ClFNO/c1-10-8-13(17)16-14(9-10)19-7-6-15(16)20-12-4-2-11(18)3-5-12/h2-9H,1H3. The monoisotopic (exact) mass is 287 g/mol. The fourth-order valence-electron chi connectivity index (χ4n) is 2.05. The number of aromatic nitrogens is 1. The van der Waals surface area contributed by atoms with Crippen LogP contribution in [0.3, 0.4) is 0 Å². The van der Waals surface area contributed by atoms with E-state index in [1.54, 1.807) is 24.4 Å². The Kier molecular flexibility index (Phi) is 3.28. The van der Waals surface area contributed by atoms with E-state index in [0.29, 0.717) is 16.5 Å². The number of halogens is 2. The Morgan fingerprint density at radius 3 is 2.60 bits per heavy atom. The first-order valence-electron chi connectivity index (χ1n) is 6.12. The molecule has 1 heterocycles. The molecule has 0 radical (unpaired) electrons. The highest BCUT2D eigenvalue weighted by molar-refractivity contribution is 6.36. The third-order valence-corrected chi connectivity index (χ3v) is 3.24. The van der Waals surface area contributed by atoms with Crippen LogP contribution >= 0.6 is 11.6 Å². The van der Waals surface area contributed by atoms with Gasteiger partial charge in [-0.3, -0.25) is 4.98 Å². The summed E-state index contributed by atoms with van der Waals surface area (Å²) in [6, 6.07) is 11.4. The summed E-state index contributed by atoms with van der Waals surface area (Å²) in [5, 5.41) is 1.34. The summed E-state index contributed by atoms with van der Waals surface area (Å²) >= 11 is 6.28. The van der Waals surface area contributed by atoms with E-state index < -0.39 is 0 Å². The molecule has 100 valence electrons. The molecule has 0 aliphatic carbocycles. The number of pyridine rings is 1. The van der Waals surface area contributed by atoms with Crippen LogP contribution in [0.15, 0.2) is 48.7 Å². The van der Waals surface area contributed by atoms with Crippen LogP contribution in [0, 0.1) is 12.7 Å². The van der Waals surface area contributed by atoms with E-state index in [1.807, 2.05) is 19.1 Å². The molecule has 0 atom stereocenters. The Balaban J connectivity index is 2.09. The predicted molar refractivity (Wildman–Crippen MR) is 78.0 cm³/mol. The van der Waals surface area contributed by atoms with Gasteiger partial charge in [0.05, 0.1) is 15.9 Å². The zero-order valence-corrected chi connectivity index (χ0v) is 11.5. The molecular formula is C16H11ClFNO. The normalized spacial score (nSPS) is 10.8. The lowest BCUT2D eigenvalue weighted by molar-refractivity contribution is 0.485. The number of benzene rings is 2. The van der Waals surface area contributed by atoms with Gasteiger partial charge in [0.15, 0.2) is 0 Å². The fourth-order valence-corrected chi connectivity index (χ4v) is 2.41. The van der Waals surface area contributed by atoms with Gasteiger partial charge >= 0.3 is 0 Å². The molecule has 0 amide bonds. The second-order valence-corrected chi connectivity index (χ2v) is 4.91. The minimum Gasteiger partial charge on any atom is -0.457 e. The highest BCUT2D eigenvalue weighted by Gasteiger charge is 2.09. The summed E-state index contributed by atoms with van der Waals surface area (Å²) in [5.74, 6) is 0.854. The molecule has 0 aliphatic heterocycles. The lowest BCUT2D eigenvalue weighted by Crippen LogP contribution is -1.89. The van der Waals surface area contributed by atoms with Crippen molar-refractivity contribution < 1.29 is 9.13 Å². The minimum atomic E-state index is -0.300.